The van der Waals surface area contributed by atoms with E-state index in [1.54, 1.807) is 5.56 Å². The van der Waals surface area contributed by atoms with Crippen LogP contribution in [0.3, 0.4) is 0 Å². The van der Waals surface area contributed by atoms with Crippen molar-refractivity contribution in [1.29, 1.82) is 0 Å². The molecule has 1 aromatic carbocycles. The maximum Gasteiger partial charge on any atom is 0.0404 e. The molecule has 0 saturated carbocycles. The van der Waals surface area contributed by atoms with E-state index >= 15 is 0 Å². The van der Waals surface area contributed by atoms with Crippen LogP contribution in [0.1, 0.15) is 40.3 Å². The summed E-state index contributed by atoms with van der Waals surface area (Å²) in [4.78, 5) is 0.590. The van der Waals surface area contributed by atoms with Crippen LogP contribution < -0.4 is 0 Å². The molecular formula is C12H11Br. The fourth-order valence-corrected chi connectivity index (χ4v) is 3.41. The Kier molecular flexibility index (Phi) is 1.63. The average Bonchev–Trinajstić information content (AvgIpc) is 2.47. The van der Waals surface area contributed by atoms with E-state index in [2.05, 4.69) is 46.3 Å². The van der Waals surface area contributed by atoms with Gasteiger partial charge in [-0.15, -0.1) is 0 Å². The molecule has 0 aliphatic heterocycles. The van der Waals surface area contributed by atoms with Crippen molar-refractivity contribution in [3.63, 3.8) is 0 Å². The van der Waals surface area contributed by atoms with Gasteiger partial charge in [0, 0.05) is 4.83 Å². The fraction of sp³-hybridized carbons (Fsp3) is 0.333. The zero-order valence-corrected chi connectivity index (χ0v) is 8.92. The first-order valence-corrected chi connectivity index (χ1v) is 5.71. The van der Waals surface area contributed by atoms with Crippen molar-refractivity contribution in [2.45, 2.75) is 23.6 Å². The highest BCUT2D eigenvalue weighted by Gasteiger charge is 2.31. The predicted molar refractivity (Wildman–Crippen MR) is 59.1 cm³/mol. The zero-order valence-electron chi connectivity index (χ0n) is 7.33. The van der Waals surface area contributed by atoms with Gasteiger partial charge in [-0.25, -0.2) is 0 Å². The van der Waals surface area contributed by atoms with E-state index in [0.29, 0.717) is 4.83 Å². The Bertz CT molecular complexity index is 379. The van der Waals surface area contributed by atoms with Crippen LogP contribution in [0.4, 0.5) is 0 Å². The summed E-state index contributed by atoms with van der Waals surface area (Å²) in [5.74, 6) is 0.778. The van der Waals surface area contributed by atoms with Crippen LogP contribution in [-0.4, -0.2) is 0 Å². The number of alkyl halides is 1. The molecule has 1 heteroatoms. The third-order valence-corrected chi connectivity index (χ3v) is 4.00. The summed E-state index contributed by atoms with van der Waals surface area (Å²) < 4.78 is 0. The van der Waals surface area contributed by atoms with Crippen molar-refractivity contribution in [3.05, 3.63) is 41.0 Å². The Morgan fingerprint density at radius 3 is 3.15 bits per heavy atom. The van der Waals surface area contributed by atoms with Crippen molar-refractivity contribution >= 4 is 22.0 Å². The summed E-state index contributed by atoms with van der Waals surface area (Å²) in [5.41, 5.74) is 4.56. The molecule has 0 spiro atoms. The molecule has 66 valence electrons. The van der Waals surface area contributed by atoms with Gasteiger partial charge in [0.1, 0.15) is 0 Å². The van der Waals surface area contributed by atoms with Crippen molar-refractivity contribution < 1.29 is 0 Å². The largest absolute Gasteiger partial charge is 0.0838 e. The molecule has 0 heterocycles. The topological polar surface area (TPSA) is 0 Å². The first kappa shape index (κ1) is 7.81. The van der Waals surface area contributed by atoms with Gasteiger partial charge >= 0.3 is 0 Å². The number of allylic oxidation sites excluding steroid dienone is 1. The minimum atomic E-state index is 0.590. The van der Waals surface area contributed by atoms with Crippen LogP contribution in [0.25, 0.3) is 6.08 Å². The number of hydrogen-bond acceptors (Lipinski definition) is 0. The molecular weight excluding hydrogens is 224 g/mol. The standard InChI is InChI=1S/C12H11Br/c13-11-7-9-5-1-3-8-4-2-6-10(11)12(8)9/h1-4,6,9,11H,5,7H2. The van der Waals surface area contributed by atoms with Crippen molar-refractivity contribution in [2.75, 3.05) is 0 Å². The van der Waals surface area contributed by atoms with Gasteiger partial charge in [-0.05, 0) is 35.4 Å². The molecule has 1 aromatic rings. The summed E-state index contributed by atoms with van der Waals surface area (Å²) in [6, 6.07) is 6.66. The van der Waals surface area contributed by atoms with Crippen LogP contribution >= 0.6 is 15.9 Å². The highest BCUT2D eigenvalue weighted by atomic mass is 79.9. The molecule has 0 N–H and O–H groups in total. The Labute approximate surface area is 86.8 Å². The summed E-state index contributed by atoms with van der Waals surface area (Å²) in [5, 5.41) is 0. The number of halogens is 1. The van der Waals surface area contributed by atoms with E-state index in [0.717, 1.165) is 5.92 Å². The quantitative estimate of drug-likeness (QED) is 0.595. The van der Waals surface area contributed by atoms with Crippen LogP contribution in [0.5, 0.6) is 0 Å². The molecule has 2 atom stereocenters. The van der Waals surface area contributed by atoms with Crippen LogP contribution in [0, 0.1) is 0 Å². The van der Waals surface area contributed by atoms with E-state index in [4.69, 9.17) is 0 Å². The monoisotopic (exact) mass is 234 g/mol. The average molecular weight is 235 g/mol. The first-order chi connectivity index (χ1) is 6.36. The molecule has 2 aliphatic carbocycles. The van der Waals surface area contributed by atoms with Gasteiger partial charge in [-0.1, -0.05) is 46.3 Å². The molecule has 0 fully saturated rings. The normalized spacial score (nSPS) is 29.0. The molecule has 13 heavy (non-hydrogen) atoms. The van der Waals surface area contributed by atoms with E-state index in [9.17, 15) is 0 Å². The SMILES string of the molecule is BrC1CC2CC=Cc3cccc1c32. The van der Waals surface area contributed by atoms with E-state index < -0.39 is 0 Å². The van der Waals surface area contributed by atoms with Crippen LogP contribution in [0.2, 0.25) is 0 Å². The molecule has 0 saturated heterocycles. The molecule has 2 unspecified atom stereocenters. The molecule has 0 bridgehead atoms. The Hall–Kier alpha value is -0.560. The summed E-state index contributed by atoms with van der Waals surface area (Å²) in [6.07, 6.45) is 7.07. The number of benzene rings is 1. The highest BCUT2D eigenvalue weighted by Crippen LogP contribution is 2.49. The van der Waals surface area contributed by atoms with Gasteiger partial charge in [0.15, 0.2) is 0 Å². The lowest BCUT2D eigenvalue weighted by Gasteiger charge is -2.16. The van der Waals surface area contributed by atoms with Gasteiger partial charge in [0.2, 0.25) is 0 Å². The van der Waals surface area contributed by atoms with Crippen molar-refractivity contribution in [1.82, 2.24) is 0 Å². The molecule has 0 radical (unpaired) electrons. The second-order valence-electron chi connectivity index (χ2n) is 3.89. The van der Waals surface area contributed by atoms with Crippen LogP contribution in [0.15, 0.2) is 24.3 Å². The summed E-state index contributed by atoms with van der Waals surface area (Å²) in [6.45, 7) is 0. The fourth-order valence-electron chi connectivity index (χ4n) is 2.56. The zero-order chi connectivity index (χ0) is 8.84. The lowest BCUT2D eigenvalue weighted by molar-refractivity contribution is 0.682. The molecule has 0 aromatic heterocycles. The Morgan fingerprint density at radius 1 is 1.31 bits per heavy atom. The molecule has 0 amide bonds. The third kappa shape index (κ3) is 1.03. The summed E-state index contributed by atoms with van der Waals surface area (Å²) in [7, 11) is 0. The predicted octanol–water partition coefficient (Wildman–Crippen LogP) is 4.03. The minimum absolute atomic E-state index is 0.590. The smallest absolute Gasteiger partial charge is 0.0404 e. The Morgan fingerprint density at radius 2 is 2.23 bits per heavy atom. The highest BCUT2D eigenvalue weighted by molar-refractivity contribution is 9.09. The second kappa shape index (κ2) is 2.71. The van der Waals surface area contributed by atoms with Gasteiger partial charge < -0.3 is 0 Å². The summed E-state index contributed by atoms with van der Waals surface area (Å²) >= 11 is 3.75. The maximum absolute atomic E-state index is 3.75. The lowest BCUT2D eigenvalue weighted by atomic mass is 9.89. The van der Waals surface area contributed by atoms with Crippen molar-refractivity contribution in [2.24, 2.45) is 0 Å². The van der Waals surface area contributed by atoms with E-state index in [-0.39, 0.29) is 0 Å². The molecule has 3 rings (SSSR count). The molecule has 2 aliphatic rings. The lowest BCUT2D eigenvalue weighted by Crippen LogP contribution is -1.98. The maximum atomic E-state index is 3.75. The van der Waals surface area contributed by atoms with Crippen LogP contribution in [-0.2, 0) is 0 Å². The Balaban J connectivity index is 2.28. The number of rotatable bonds is 0. The minimum Gasteiger partial charge on any atom is -0.0838 e. The third-order valence-electron chi connectivity index (χ3n) is 3.13. The van der Waals surface area contributed by atoms with Gasteiger partial charge in [-0.3, -0.25) is 0 Å². The van der Waals surface area contributed by atoms with Gasteiger partial charge in [0.25, 0.3) is 0 Å². The molecule has 0 nitrogen and oxygen atoms in total. The second-order valence-corrected chi connectivity index (χ2v) is 4.99. The first-order valence-electron chi connectivity index (χ1n) is 4.79. The van der Waals surface area contributed by atoms with E-state index in [1.165, 1.54) is 24.0 Å². The van der Waals surface area contributed by atoms with Gasteiger partial charge in [0.05, 0.1) is 0 Å². The van der Waals surface area contributed by atoms with Crippen molar-refractivity contribution in [3.8, 4) is 0 Å². The number of hydrogen-bond donors (Lipinski definition) is 0. The van der Waals surface area contributed by atoms with Gasteiger partial charge in [-0.2, -0.15) is 0 Å². The van der Waals surface area contributed by atoms with E-state index in [1.807, 2.05) is 0 Å².